The molecule has 1 aliphatic carbocycles. The highest BCUT2D eigenvalue weighted by Crippen LogP contribution is 2.34. The zero-order valence-electron chi connectivity index (χ0n) is 16.0. The van der Waals surface area contributed by atoms with Gasteiger partial charge in [-0.05, 0) is 42.7 Å². The molecule has 4 rings (SSSR count). The predicted molar refractivity (Wildman–Crippen MR) is 111 cm³/mol. The summed E-state index contributed by atoms with van der Waals surface area (Å²) in [4.78, 5) is 38.8. The Morgan fingerprint density at radius 2 is 2.04 bits per heavy atom. The molecule has 0 radical (unpaired) electrons. The minimum atomic E-state index is -0.244. The first-order chi connectivity index (χ1) is 13.4. The van der Waals surface area contributed by atoms with Gasteiger partial charge < -0.3 is 9.88 Å². The largest absolute Gasteiger partial charge is 0.352 e. The first-order valence-corrected chi connectivity index (χ1v) is 10.4. The number of nitrogens with zero attached hydrogens (tertiary/aromatic N) is 2. The first-order valence-electron chi connectivity index (χ1n) is 9.55. The molecule has 1 saturated carbocycles. The van der Waals surface area contributed by atoms with Crippen LogP contribution >= 0.6 is 11.8 Å². The lowest BCUT2D eigenvalue weighted by Gasteiger charge is -2.14. The summed E-state index contributed by atoms with van der Waals surface area (Å²) in [6.07, 6.45) is 5.75. The molecule has 2 heterocycles. The number of fused-ring (bicyclic) bond motifs is 1. The third-order valence-corrected chi connectivity index (χ3v) is 5.69. The van der Waals surface area contributed by atoms with Crippen LogP contribution in [-0.4, -0.2) is 39.1 Å². The number of para-hydroxylation sites is 1. The smallest absolute Gasteiger partial charge is 0.293 e. The van der Waals surface area contributed by atoms with Gasteiger partial charge in [0.15, 0.2) is 0 Å². The van der Waals surface area contributed by atoms with E-state index < -0.39 is 0 Å². The van der Waals surface area contributed by atoms with E-state index in [-0.39, 0.29) is 29.5 Å². The number of thioether (sulfide) groups is 1. The average Bonchev–Trinajstić information content (AvgIpc) is 3.35. The van der Waals surface area contributed by atoms with Crippen LogP contribution < -0.4 is 5.32 Å². The second-order valence-corrected chi connectivity index (χ2v) is 8.75. The zero-order valence-corrected chi connectivity index (χ0v) is 16.8. The summed E-state index contributed by atoms with van der Waals surface area (Å²) >= 11 is 0.977. The normalized spacial score (nSPS) is 18.7. The Morgan fingerprint density at radius 1 is 1.29 bits per heavy atom. The molecule has 1 aliphatic heterocycles. The zero-order chi connectivity index (χ0) is 19.8. The lowest BCUT2D eigenvalue weighted by atomic mass is 10.1. The monoisotopic (exact) mass is 397 g/mol. The highest BCUT2D eigenvalue weighted by molar-refractivity contribution is 8.18. The van der Waals surface area contributed by atoms with Crippen LogP contribution in [-0.2, 0) is 16.1 Å². The molecule has 0 bridgehead atoms. The minimum absolute atomic E-state index is 0.00735. The Labute approximate surface area is 167 Å². The van der Waals surface area contributed by atoms with Crippen LogP contribution in [0.15, 0.2) is 35.4 Å². The van der Waals surface area contributed by atoms with Crippen molar-refractivity contribution in [1.82, 2.24) is 14.8 Å². The summed E-state index contributed by atoms with van der Waals surface area (Å²) in [7, 11) is 0. The van der Waals surface area contributed by atoms with E-state index in [2.05, 4.69) is 5.32 Å². The van der Waals surface area contributed by atoms with E-state index in [0.717, 1.165) is 41.1 Å². The fraction of sp³-hybridized carbons (Fsp3) is 0.381. The van der Waals surface area contributed by atoms with Crippen molar-refractivity contribution in [2.45, 2.75) is 39.3 Å². The lowest BCUT2D eigenvalue weighted by molar-refractivity contribution is -0.123. The predicted octanol–water partition coefficient (Wildman–Crippen LogP) is 3.61. The van der Waals surface area contributed by atoms with E-state index in [9.17, 15) is 14.4 Å². The van der Waals surface area contributed by atoms with Crippen molar-refractivity contribution in [1.29, 1.82) is 0 Å². The van der Waals surface area contributed by atoms with E-state index in [0.29, 0.717) is 17.5 Å². The number of nitrogens with one attached hydrogen (secondary N) is 1. The molecule has 7 heteroatoms. The summed E-state index contributed by atoms with van der Waals surface area (Å²) in [5.74, 6) is -0.0289. The number of aromatic nitrogens is 1. The van der Waals surface area contributed by atoms with Gasteiger partial charge in [-0.3, -0.25) is 19.3 Å². The fourth-order valence-corrected chi connectivity index (χ4v) is 4.18. The molecule has 2 fully saturated rings. The van der Waals surface area contributed by atoms with Crippen molar-refractivity contribution in [3.05, 3.63) is 40.9 Å². The SMILES string of the molecule is CC(C)CN1C(=O)S/C(=C\c2cn(CC(=O)NC3CC3)c3ccccc23)C1=O. The van der Waals surface area contributed by atoms with Crippen molar-refractivity contribution in [2.24, 2.45) is 5.92 Å². The molecule has 1 aromatic heterocycles. The fourth-order valence-electron chi connectivity index (χ4n) is 3.34. The third kappa shape index (κ3) is 3.85. The lowest BCUT2D eigenvalue weighted by Crippen LogP contribution is -2.31. The number of rotatable bonds is 6. The van der Waals surface area contributed by atoms with Gasteiger partial charge in [0.1, 0.15) is 6.54 Å². The first kappa shape index (κ1) is 18.8. The molecule has 146 valence electrons. The molecular formula is C21H23N3O3S. The Kier molecular flexibility index (Phi) is 5.02. The van der Waals surface area contributed by atoms with Crippen molar-refractivity contribution in [3.8, 4) is 0 Å². The van der Waals surface area contributed by atoms with Gasteiger partial charge in [0, 0.05) is 35.2 Å². The van der Waals surface area contributed by atoms with Gasteiger partial charge in [0.25, 0.3) is 11.1 Å². The molecule has 2 aliphatic rings. The number of imide groups is 1. The van der Waals surface area contributed by atoms with Crippen LogP contribution in [0.25, 0.3) is 17.0 Å². The summed E-state index contributed by atoms with van der Waals surface area (Å²) in [5.41, 5.74) is 1.77. The van der Waals surface area contributed by atoms with Crippen LogP contribution in [0.5, 0.6) is 0 Å². The van der Waals surface area contributed by atoms with Crippen LogP contribution in [0.4, 0.5) is 4.79 Å². The van der Waals surface area contributed by atoms with Crippen LogP contribution in [0.2, 0.25) is 0 Å². The standard InChI is InChI=1S/C21H23N3O3S/c1-13(2)10-24-20(26)18(28-21(24)27)9-14-11-23(12-19(25)22-15-7-8-15)17-6-4-3-5-16(14)17/h3-6,9,11,13,15H,7-8,10,12H2,1-2H3,(H,22,25)/b18-9-. The minimum Gasteiger partial charge on any atom is -0.352 e. The topological polar surface area (TPSA) is 71.4 Å². The second kappa shape index (κ2) is 7.47. The molecule has 3 amide bonds. The van der Waals surface area contributed by atoms with Crippen molar-refractivity contribution in [3.63, 3.8) is 0 Å². The Bertz CT molecular complexity index is 988. The van der Waals surface area contributed by atoms with Gasteiger partial charge in [-0.1, -0.05) is 32.0 Å². The Balaban J connectivity index is 1.63. The number of hydrogen-bond donors (Lipinski definition) is 1. The maximum absolute atomic E-state index is 12.6. The van der Waals surface area contributed by atoms with E-state index in [1.165, 1.54) is 4.90 Å². The number of hydrogen-bond acceptors (Lipinski definition) is 4. The highest BCUT2D eigenvalue weighted by atomic mass is 32.2. The average molecular weight is 398 g/mol. The molecule has 0 unspecified atom stereocenters. The van der Waals surface area contributed by atoms with E-state index in [1.54, 1.807) is 6.08 Å². The van der Waals surface area contributed by atoms with Crippen molar-refractivity contribution < 1.29 is 14.4 Å². The maximum atomic E-state index is 12.6. The van der Waals surface area contributed by atoms with Gasteiger partial charge >= 0.3 is 0 Å². The summed E-state index contributed by atoms with van der Waals surface area (Å²) in [6.45, 7) is 4.62. The molecular weight excluding hydrogens is 374 g/mol. The van der Waals surface area contributed by atoms with Crippen molar-refractivity contribution in [2.75, 3.05) is 6.54 Å². The van der Waals surface area contributed by atoms with Gasteiger partial charge in [-0.15, -0.1) is 0 Å². The van der Waals surface area contributed by atoms with Gasteiger partial charge in [0.05, 0.1) is 4.91 Å². The molecule has 28 heavy (non-hydrogen) atoms. The second-order valence-electron chi connectivity index (χ2n) is 7.76. The highest BCUT2D eigenvalue weighted by Gasteiger charge is 2.35. The summed E-state index contributed by atoms with van der Waals surface area (Å²) in [6, 6.07) is 8.11. The molecule has 1 saturated heterocycles. The summed E-state index contributed by atoms with van der Waals surface area (Å²) in [5, 5.41) is 3.73. The van der Waals surface area contributed by atoms with Gasteiger partial charge in [0.2, 0.25) is 5.91 Å². The molecule has 1 aromatic carbocycles. The molecule has 0 atom stereocenters. The van der Waals surface area contributed by atoms with Crippen LogP contribution in [0.1, 0.15) is 32.3 Å². The van der Waals surface area contributed by atoms with Crippen molar-refractivity contribution >= 4 is 45.8 Å². The Hall–Kier alpha value is -2.54. The maximum Gasteiger partial charge on any atom is 0.293 e. The van der Waals surface area contributed by atoms with E-state index in [1.807, 2.05) is 48.9 Å². The number of amides is 3. The number of benzene rings is 1. The summed E-state index contributed by atoms with van der Waals surface area (Å²) < 4.78 is 1.90. The van der Waals surface area contributed by atoms with E-state index in [4.69, 9.17) is 0 Å². The quantitative estimate of drug-likeness (QED) is 0.756. The number of carbonyl (C=O) groups is 3. The van der Waals surface area contributed by atoms with Crippen LogP contribution in [0, 0.1) is 5.92 Å². The molecule has 6 nitrogen and oxygen atoms in total. The molecule has 1 N–H and O–H groups in total. The third-order valence-electron chi connectivity index (χ3n) is 4.78. The Morgan fingerprint density at radius 3 is 2.75 bits per heavy atom. The molecule has 2 aromatic rings. The van der Waals surface area contributed by atoms with E-state index >= 15 is 0 Å². The van der Waals surface area contributed by atoms with Crippen LogP contribution in [0.3, 0.4) is 0 Å². The van der Waals surface area contributed by atoms with Gasteiger partial charge in [-0.2, -0.15) is 0 Å². The van der Waals surface area contributed by atoms with Gasteiger partial charge in [-0.25, -0.2) is 0 Å². The number of carbonyl (C=O) groups excluding carboxylic acids is 3. The molecule has 0 spiro atoms.